The summed E-state index contributed by atoms with van der Waals surface area (Å²) >= 11 is 0. The Labute approximate surface area is 346 Å². The van der Waals surface area contributed by atoms with Crippen LogP contribution < -0.4 is 4.90 Å². The second kappa shape index (κ2) is 13.4. The van der Waals surface area contributed by atoms with Crippen LogP contribution in [0.15, 0.2) is 223 Å². The van der Waals surface area contributed by atoms with Crippen LogP contribution in [0.2, 0.25) is 0 Å². The van der Waals surface area contributed by atoms with Gasteiger partial charge in [0, 0.05) is 38.5 Å². The first kappa shape index (κ1) is 29.4. The van der Waals surface area contributed by atoms with E-state index in [1.54, 1.807) is 0 Å². The maximum Gasteiger partial charge on any atom is 0.143 e. The molecule has 2 aromatic heterocycles. The smallest absolute Gasteiger partial charge is 0.143 e. The van der Waals surface area contributed by atoms with Crippen molar-refractivity contribution in [2.45, 2.75) is 0 Å². The van der Waals surface area contributed by atoms with Crippen molar-refractivity contribution < 1.29 is 9.90 Å². The van der Waals surface area contributed by atoms with Gasteiger partial charge in [0.1, 0.15) is 11.2 Å². The van der Waals surface area contributed by atoms with Crippen LogP contribution in [-0.2, 0) is 0 Å². The van der Waals surface area contributed by atoms with Gasteiger partial charge in [-0.25, -0.2) is 0 Å². The summed E-state index contributed by atoms with van der Waals surface area (Å²) in [5, 5.41) is 8.13. The zero-order chi connectivity index (χ0) is 42.3. The van der Waals surface area contributed by atoms with Crippen molar-refractivity contribution in [3.63, 3.8) is 0 Å². The standard InChI is InChI=1S/C56H36N2O/c1-2-14-41-36-42(25-24-37(41)12-1)38-26-31-43(32-27-38)57(53-22-11-23-54-55(53)49-35-30-39-13-3-4-16-46(39)56(49)59-54)44-33-28-40(29-34-44)45-15-5-8-19-50(45)58-51-20-9-6-17-47(51)48-18-7-10-21-52(48)58/h1-36H/i26D,27D,31D,32D. The molecular formula is C56H36N2O. The van der Waals surface area contributed by atoms with E-state index in [-0.39, 0.29) is 35.4 Å². The summed E-state index contributed by atoms with van der Waals surface area (Å²) in [4.78, 5) is 1.88. The fourth-order valence-electron chi connectivity index (χ4n) is 8.90. The Morgan fingerprint density at radius 2 is 1.05 bits per heavy atom. The van der Waals surface area contributed by atoms with Gasteiger partial charge in [0.25, 0.3) is 0 Å². The topological polar surface area (TPSA) is 21.3 Å². The summed E-state index contributed by atoms with van der Waals surface area (Å²) in [6, 6.07) is 65.0. The van der Waals surface area contributed by atoms with Crippen LogP contribution in [-0.4, -0.2) is 4.57 Å². The lowest BCUT2D eigenvalue weighted by Gasteiger charge is -2.27. The maximum atomic E-state index is 9.71. The molecule has 0 saturated carbocycles. The zero-order valence-electron chi connectivity index (χ0n) is 35.8. The van der Waals surface area contributed by atoms with Gasteiger partial charge in [-0.1, -0.05) is 152 Å². The Balaban J connectivity index is 1.08. The third-order valence-corrected chi connectivity index (χ3v) is 11.6. The molecule has 3 nitrogen and oxygen atoms in total. The first-order valence-electron chi connectivity index (χ1n) is 21.9. The Morgan fingerprint density at radius 1 is 0.424 bits per heavy atom. The van der Waals surface area contributed by atoms with Gasteiger partial charge in [0.05, 0.1) is 33.3 Å². The molecule has 0 spiro atoms. The zero-order valence-corrected chi connectivity index (χ0v) is 31.8. The number of nitrogens with zero attached hydrogens (tertiary/aromatic N) is 2. The lowest BCUT2D eigenvalue weighted by atomic mass is 10.00. The Kier molecular flexibility index (Phi) is 6.65. The maximum absolute atomic E-state index is 9.71. The number of hydrogen-bond donors (Lipinski definition) is 0. The number of anilines is 3. The summed E-state index contributed by atoms with van der Waals surface area (Å²) < 4.78 is 47.4. The summed E-state index contributed by atoms with van der Waals surface area (Å²) in [7, 11) is 0. The number of para-hydroxylation sites is 3. The highest BCUT2D eigenvalue weighted by Crippen LogP contribution is 2.45. The van der Waals surface area contributed by atoms with E-state index < -0.39 is 0 Å². The number of furan rings is 1. The van der Waals surface area contributed by atoms with Crippen molar-refractivity contribution in [3.05, 3.63) is 218 Å². The van der Waals surface area contributed by atoms with Crippen LogP contribution in [0.1, 0.15) is 5.48 Å². The Bertz CT molecular complexity index is 3730. The predicted octanol–water partition coefficient (Wildman–Crippen LogP) is 15.8. The molecule has 3 heteroatoms. The van der Waals surface area contributed by atoms with Gasteiger partial charge in [-0.2, -0.15) is 0 Å². The minimum atomic E-state index is -0.143. The highest BCUT2D eigenvalue weighted by atomic mass is 16.3. The predicted molar refractivity (Wildman–Crippen MR) is 249 cm³/mol. The number of hydrogen-bond acceptors (Lipinski definition) is 2. The van der Waals surface area contributed by atoms with Gasteiger partial charge in [0.15, 0.2) is 0 Å². The number of rotatable bonds is 6. The number of fused-ring (bicyclic) bond motifs is 9. The van der Waals surface area contributed by atoms with Gasteiger partial charge in [0.2, 0.25) is 0 Å². The lowest BCUT2D eigenvalue weighted by molar-refractivity contribution is 0.672. The number of aromatic nitrogens is 1. The molecule has 0 bridgehead atoms. The summed E-state index contributed by atoms with van der Waals surface area (Å²) in [6.45, 7) is 0. The van der Waals surface area contributed by atoms with Gasteiger partial charge in [-0.15, -0.1) is 0 Å². The van der Waals surface area contributed by atoms with E-state index in [1.807, 2.05) is 89.8 Å². The molecule has 12 aromatic rings. The molecule has 12 rings (SSSR count). The van der Waals surface area contributed by atoms with Gasteiger partial charge in [-0.05, 0) is 99.5 Å². The van der Waals surface area contributed by atoms with Crippen molar-refractivity contribution in [1.82, 2.24) is 4.57 Å². The van der Waals surface area contributed by atoms with Crippen molar-refractivity contribution in [2.75, 3.05) is 4.90 Å². The van der Waals surface area contributed by atoms with Crippen LogP contribution >= 0.6 is 0 Å². The highest BCUT2D eigenvalue weighted by Gasteiger charge is 2.21. The summed E-state index contributed by atoms with van der Waals surface area (Å²) in [6.07, 6.45) is 0. The van der Waals surface area contributed by atoms with Crippen LogP contribution in [0.4, 0.5) is 17.1 Å². The molecule has 0 unspecified atom stereocenters. The molecule has 0 fully saturated rings. The van der Waals surface area contributed by atoms with Crippen molar-refractivity contribution in [2.24, 2.45) is 0 Å². The summed E-state index contributed by atoms with van der Waals surface area (Å²) in [5.74, 6) is 0. The minimum Gasteiger partial charge on any atom is -0.455 e. The first-order chi connectivity index (χ1) is 30.9. The molecular weight excluding hydrogens is 717 g/mol. The second-order valence-electron chi connectivity index (χ2n) is 15.0. The Morgan fingerprint density at radius 3 is 1.83 bits per heavy atom. The molecule has 10 aromatic carbocycles. The normalized spacial score (nSPS) is 12.7. The SMILES string of the molecule is [2H]c1c([2H])c(N(c2ccc(-c3ccccc3-n3c4ccccc4c4ccccc43)cc2)c2cccc3oc4c5ccccc5ccc4c23)c([2H])c([2H])c1-c1ccc2ccccc2c1. The van der Waals surface area contributed by atoms with Crippen LogP contribution in [0.25, 0.3) is 93.2 Å². The molecule has 0 N–H and O–H groups in total. The average molecular weight is 757 g/mol. The molecule has 0 radical (unpaired) electrons. The van der Waals surface area contributed by atoms with E-state index in [1.165, 1.54) is 10.8 Å². The van der Waals surface area contributed by atoms with Crippen LogP contribution in [0.3, 0.4) is 0 Å². The van der Waals surface area contributed by atoms with Gasteiger partial charge < -0.3 is 13.9 Å². The average Bonchev–Trinajstić information content (AvgIpc) is 3.89. The molecule has 0 amide bonds. The van der Waals surface area contributed by atoms with E-state index in [4.69, 9.17) is 4.42 Å². The molecule has 2 heterocycles. The highest BCUT2D eigenvalue weighted by molar-refractivity contribution is 6.19. The van der Waals surface area contributed by atoms with Gasteiger partial charge >= 0.3 is 0 Å². The minimum absolute atomic E-state index is 0.113. The second-order valence-corrected chi connectivity index (χ2v) is 15.0. The van der Waals surface area contributed by atoms with Crippen LogP contribution in [0.5, 0.6) is 0 Å². The van der Waals surface area contributed by atoms with E-state index >= 15 is 0 Å². The third kappa shape index (κ3) is 5.36. The van der Waals surface area contributed by atoms with Crippen molar-refractivity contribution in [1.29, 1.82) is 0 Å². The fraction of sp³-hybridized carbons (Fsp3) is 0. The van der Waals surface area contributed by atoms with Crippen molar-refractivity contribution >= 4 is 82.4 Å². The van der Waals surface area contributed by atoms with E-state index in [2.05, 4.69) is 114 Å². The molecule has 0 aliphatic rings. The molecule has 0 aliphatic carbocycles. The van der Waals surface area contributed by atoms with Crippen LogP contribution in [0, 0.1) is 0 Å². The Hall–Kier alpha value is -7.88. The van der Waals surface area contributed by atoms with Crippen molar-refractivity contribution in [3.8, 4) is 27.9 Å². The van der Waals surface area contributed by atoms with Gasteiger partial charge in [-0.3, -0.25) is 0 Å². The largest absolute Gasteiger partial charge is 0.455 e. The molecule has 0 atom stereocenters. The van der Waals surface area contributed by atoms with E-state index in [9.17, 15) is 5.48 Å². The molecule has 59 heavy (non-hydrogen) atoms. The fourth-order valence-corrected chi connectivity index (χ4v) is 8.90. The number of benzene rings is 10. The van der Waals surface area contributed by atoms with E-state index in [0.29, 0.717) is 22.5 Å². The third-order valence-electron chi connectivity index (χ3n) is 11.6. The first-order valence-corrected chi connectivity index (χ1v) is 19.9. The molecule has 0 aliphatic heterocycles. The molecule has 0 saturated heterocycles. The van der Waals surface area contributed by atoms with E-state index in [0.717, 1.165) is 65.7 Å². The lowest BCUT2D eigenvalue weighted by Crippen LogP contribution is -2.10. The summed E-state index contributed by atoms with van der Waals surface area (Å²) in [5.41, 5.74) is 9.12. The monoisotopic (exact) mass is 756 g/mol. The quantitative estimate of drug-likeness (QED) is 0.168. The molecule has 276 valence electrons.